The summed E-state index contributed by atoms with van der Waals surface area (Å²) in [5, 5.41) is 2.37. The molecule has 0 amide bonds. The average molecular weight is 479 g/mol. The number of nitrogens with zero attached hydrogens (tertiary/aromatic N) is 2. The highest BCUT2D eigenvalue weighted by molar-refractivity contribution is 5.85. The molecule has 0 saturated heterocycles. The molecule has 0 aliphatic heterocycles. The van der Waals surface area contributed by atoms with Gasteiger partial charge in [-0.25, -0.2) is 4.98 Å². The van der Waals surface area contributed by atoms with Gasteiger partial charge in [-0.2, -0.15) is 0 Å². The van der Waals surface area contributed by atoms with Gasteiger partial charge in [-0.15, -0.1) is 0 Å². The van der Waals surface area contributed by atoms with Gasteiger partial charge in [0.1, 0.15) is 23.9 Å². The zero-order valence-corrected chi connectivity index (χ0v) is 21.6. The number of imidazole rings is 1. The zero-order valence-electron chi connectivity index (χ0n) is 21.6. The molecule has 4 heteroatoms. The van der Waals surface area contributed by atoms with Crippen LogP contribution in [0, 0.1) is 0 Å². The second kappa shape index (κ2) is 10.4. The van der Waals surface area contributed by atoms with E-state index in [4.69, 9.17) is 14.5 Å². The van der Waals surface area contributed by atoms with E-state index in [0.29, 0.717) is 12.5 Å². The Morgan fingerprint density at radius 2 is 1.50 bits per heavy atom. The number of hydrogen-bond acceptors (Lipinski definition) is 3. The molecule has 2 atom stereocenters. The van der Waals surface area contributed by atoms with Gasteiger partial charge in [-0.05, 0) is 70.6 Å². The van der Waals surface area contributed by atoms with Gasteiger partial charge in [-0.1, -0.05) is 69.3 Å². The zero-order chi connectivity index (χ0) is 25.1. The largest absolute Gasteiger partial charge is 0.497 e. The predicted molar refractivity (Wildman–Crippen MR) is 148 cm³/mol. The minimum atomic E-state index is 0.138. The van der Waals surface area contributed by atoms with Gasteiger partial charge in [0.25, 0.3) is 0 Å². The molecule has 1 heterocycles. The summed E-state index contributed by atoms with van der Waals surface area (Å²) in [6.07, 6.45) is 1.14. The topological polar surface area (TPSA) is 36.3 Å². The number of rotatable bonds is 9. The number of fused-ring (bicyclic) bond motifs is 2. The molecule has 4 nitrogen and oxygen atoms in total. The number of benzene rings is 4. The SMILES string of the molecule is CCC(C)c1ccc(OCCn2c(C(C)c3ccc4cc(OC)ccc4c3)nc3ccccc32)cc1. The molecule has 0 saturated carbocycles. The van der Waals surface area contributed by atoms with Crippen LogP contribution in [0.3, 0.4) is 0 Å². The summed E-state index contributed by atoms with van der Waals surface area (Å²) in [4.78, 5) is 5.05. The summed E-state index contributed by atoms with van der Waals surface area (Å²) >= 11 is 0. The van der Waals surface area contributed by atoms with Crippen molar-refractivity contribution in [1.29, 1.82) is 0 Å². The van der Waals surface area contributed by atoms with Crippen molar-refractivity contribution in [2.24, 2.45) is 0 Å². The highest BCUT2D eigenvalue weighted by atomic mass is 16.5. The average Bonchev–Trinajstić information content (AvgIpc) is 3.30. The van der Waals surface area contributed by atoms with Crippen molar-refractivity contribution in [3.05, 3.63) is 102 Å². The molecule has 0 radical (unpaired) electrons. The lowest BCUT2D eigenvalue weighted by Crippen LogP contribution is -2.13. The van der Waals surface area contributed by atoms with Crippen LogP contribution < -0.4 is 9.47 Å². The Kier molecular flexibility index (Phi) is 6.95. The van der Waals surface area contributed by atoms with Crippen LogP contribution in [0.2, 0.25) is 0 Å². The van der Waals surface area contributed by atoms with E-state index in [1.54, 1.807) is 7.11 Å². The monoisotopic (exact) mass is 478 g/mol. The van der Waals surface area contributed by atoms with Crippen molar-refractivity contribution in [3.8, 4) is 11.5 Å². The maximum Gasteiger partial charge on any atom is 0.119 e. The molecule has 4 aromatic carbocycles. The number of hydrogen-bond donors (Lipinski definition) is 0. The van der Waals surface area contributed by atoms with E-state index in [-0.39, 0.29) is 5.92 Å². The molecule has 0 aliphatic rings. The maximum atomic E-state index is 6.16. The Labute approximate surface area is 213 Å². The van der Waals surface area contributed by atoms with Crippen LogP contribution in [0.1, 0.15) is 56.0 Å². The standard InChI is InChI=1S/C32H34N2O2/c1-5-22(2)24-12-15-28(16-13-24)36-19-18-34-31-9-7-6-8-30(31)33-32(34)23(3)25-10-11-27-21-29(35-4)17-14-26(27)20-25/h6-17,20-23H,5,18-19H2,1-4H3. The summed E-state index contributed by atoms with van der Waals surface area (Å²) in [6.45, 7) is 8.03. The van der Waals surface area contributed by atoms with Gasteiger partial charge in [0.2, 0.25) is 0 Å². The number of methoxy groups -OCH3 is 1. The second-order valence-corrected chi connectivity index (χ2v) is 9.53. The van der Waals surface area contributed by atoms with Crippen LogP contribution in [0.25, 0.3) is 21.8 Å². The Morgan fingerprint density at radius 3 is 2.28 bits per heavy atom. The molecule has 0 fully saturated rings. The summed E-state index contributed by atoms with van der Waals surface area (Å²) in [5.74, 6) is 3.54. The van der Waals surface area contributed by atoms with Crippen LogP contribution in [-0.4, -0.2) is 23.3 Å². The third-order valence-electron chi connectivity index (χ3n) is 7.29. The smallest absolute Gasteiger partial charge is 0.119 e. The first kappa shape index (κ1) is 23.9. The van der Waals surface area contributed by atoms with Crippen molar-refractivity contribution >= 4 is 21.8 Å². The molecule has 0 bridgehead atoms. The van der Waals surface area contributed by atoms with Crippen molar-refractivity contribution in [1.82, 2.24) is 9.55 Å². The van der Waals surface area contributed by atoms with E-state index < -0.39 is 0 Å². The summed E-state index contributed by atoms with van der Waals surface area (Å²) in [6, 6.07) is 29.7. The van der Waals surface area contributed by atoms with E-state index in [1.165, 1.54) is 21.9 Å². The molecule has 0 aliphatic carbocycles. The number of para-hydroxylation sites is 2. The van der Waals surface area contributed by atoms with Crippen molar-refractivity contribution in [2.75, 3.05) is 13.7 Å². The first-order valence-electron chi connectivity index (χ1n) is 12.8. The molecular formula is C32H34N2O2. The molecule has 2 unspecified atom stereocenters. The Bertz CT molecular complexity index is 1470. The third kappa shape index (κ3) is 4.81. The van der Waals surface area contributed by atoms with Crippen LogP contribution in [0.5, 0.6) is 11.5 Å². The molecule has 5 aromatic rings. The first-order valence-corrected chi connectivity index (χ1v) is 12.8. The Hall–Kier alpha value is -3.79. The molecule has 1 aromatic heterocycles. The molecule has 36 heavy (non-hydrogen) atoms. The number of aromatic nitrogens is 2. The normalized spacial score (nSPS) is 13.1. The van der Waals surface area contributed by atoms with Crippen molar-refractivity contribution < 1.29 is 9.47 Å². The third-order valence-corrected chi connectivity index (χ3v) is 7.29. The van der Waals surface area contributed by atoms with Gasteiger partial charge in [0, 0.05) is 5.92 Å². The fourth-order valence-electron chi connectivity index (χ4n) is 4.83. The lowest BCUT2D eigenvalue weighted by Gasteiger charge is -2.17. The molecule has 5 rings (SSSR count). The lowest BCUT2D eigenvalue weighted by molar-refractivity contribution is 0.297. The Balaban J connectivity index is 1.39. The number of ether oxygens (including phenoxy) is 2. The van der Waals surface area contributed by atoms with Gasteiger partial charge < -0.3 is 14.0 Å². The van der Waals surface area contributed by atoms with Crippen LogP contribution in [-0.2, 0) is 6.54 Å². The first-order chi connectivity index (χ1) is 17.6. The van der Waals surface area contributed by atoms with E-state index in [2.05, 4.69) is 98.1 Å². The molecule has 184 valence electrons. The molecule has 0 N–H and O–H groups in total. The molecular weight excluding hydrogens is 444 g/mol. The van der Waals surface area contributed by atoms with Crippen molar-refractivity contribution in [3.63, 3.8) is 0 Å². The van der Waals surface area contributed by atoms with E-state index >= 15 is 0 Å². The van der Waals surface area contributed by atoms with Gasteiger partial charge in [0.15, 0.2) is 0 Å². The quantitative estimate of drug-likeness (QED) is 0.216. The second-order valence-electron chi connectivity index (χ2n) is 9.53. The van der Waals surface area contributed by atoms with E-state index in [9.17, 15) is 0 Å². The van der Waals surface area contributed by atoms with Crippen LogP contribution in [0.4, 0.5) is 0 Å². The summed E-state index contributed by atoms with van der Waals surface area (Å²) in [7, 11) is 1.70. The van der Waals surface area contributed by atoms with Crippen LogP contribution >= 0.6 is 0 Å². The summed E-state index contributed by atoms with van der Waals surface area (Å²) in [5.41, 5.74) is 4.75. The maximum absolute atomic E-state index is 6.16. The Morgan fingerprint density at radius 1 is 0.806 bits per heavy atom. The lowest BCUT2D eigenvalue weighted by atomic mass is 9.97. The fourth-order valence-corrected chi connectivity index (χ4v) is 4.83. The minimum Gasteiger partial charge on any atom is -0.497 e. The highest BCUT2D eigenvalue weighted by Gasteiger charge is 2.19. The predicted octanol–water partition coefficient (Wildman–Crippen LogP) is 7.94. The fraction of sp³-hybridized carbons (Fsp3) is 0.281. The summed E-state index contributed by atoms with van der Waals surface area (Å²) < 4.78 is 13.9. The minimum absolute atomic E-state index is 0.138. The van der Waals surface area contributed by atoms with E-state index in [1.807, 2.05) is 12.1 Å². The van der Waals surface area contributed by atoms with Gasteiger partial charge >= 0.3 is 0 Å². The van der Waals surface area contributed by atoms with Crippen LogP contribution in [0.15, 0.2) is 84.9 Å². The highest BCUT2D eigenvalue weighted by Crippen LogP contribution is 2.31. The van der Waals surface area contributed by atoms with Gasteiger partial charge in [-0.3, -0.25) is 0 Å². The molecule has 0 spiro atoms. The van der Waals surface area contributed by atoms with Gasteiger partial charge in [0.05, 0.1) is 24.7 Å². The van der Waals surface area contributed by atoms with Crippen molar-refractivity contribution in [2.45, 2.75) is 45.6 Å². The van der Waals surface area contributed by atoms with E-state index in [0.717, 1.165) is 41.3 Å².